The van der Waals surface area contributed by atoms with Crippen LogP contribution in [0.15, 0.2) is 267 Å². The van der Waals surface area contributed by atoms with Gasteiger partial charge in [-0.05, 0) is 235 Å². The van der Waals surface area contributed by atoms with E-state index < -0.39 is 0 Å². The van der Waals surface area contributed by atoms with Gasteiger partial charge in [-0.25, -0.2) is 77.4 Å². The molecule has 28 nitrogen and oxygen atoms in total. The third-order valence-corrected chi connectivity index (χ3v) is 25.5. The molecule has 21 rings (SSSR count). The highest BCUT2D eigenvalue weighted by molar-refractivity contribution is 5.96. The van der Waals surface area contributed by atoms with Gasteiger partial charge in [-0.1, -0.05) is 93.1 Å². The Kier molecular flexibility index (Phi) is 30.3. The van der Waals surface area contributed by atoms with Crippen LogP contribution in [-0.2, 0) is 25.7 Å². The molecule has 0 saturated heterocycles. The molecule has 1 aliphatic carbocycles. The summed E-state index contributed by atoms with van der Waals surface area (Å²) in [5, 5.41) is 25.4. The minimum absolute atomic E-state index is 0.0239. The van der Waals surface area contributed by atoms with Crippen LogP contribution < -0.4 is 42.5 Å². The lowest BCUT2D eigenvalue weighted by Crippen LogP contribution is -2.30. The molecule has 716 valence electrons. The number of anilines is 4. The zero-order valence-corrected chi connectivity index (χ0v) is 78.4. The molecule has 4 aliphatic heterocycles. The molecule has 0 bridgehead atoms. The minimum Gasteiger partial charge on any atom is -0.354 e. The van der Waals surface area contributed by atoms with Gasteiger partial charge >= 0.3 is 0 Å². The van der Waals surface area contributed by atoms with Crippen LogP contribution in [0.25, 0.3) is 90.6 Å². The van der Waals surface area contributed by atoms with E-state index in [9.17, 15) is 36.7 Å². The summed E-state index contributed by atoms with van der Waals surface area (Å²) < 4.78 is 63.3. The smallest absolute Gasteiger partial charge is 0.251 e. The zero-order chi connectivity index (χ0) is 97.1. The van der Waals surface area contributed by atoms with Crippen LogP contribution in [0, 0.1) is 23.3 Å². The highest BCUT2D eigenvalue weighted by atomic mass is 19.1. The Labute approximate surface area is 813 Å². The van der Waals surface area contributed by atoms with Gasteiger partial charge in [0, 0.05) is 147 Å². The average Bonchev–Trinajstić information content (AvgIpc) is 1.61. The molecule has 8 N–H and O–H groups in total. The van der Waals surface area contributed by atoms with Crippen LogP contribution in [0.3, 0.4) is 0 Å². The summed E-state index contributed by atoms with van der Waals surface area (Å²) in [7, 11) is 0. The number of unbranched alkanes of at least 4 members (excludes halogenated alkanes) is 1. The fraction of sp³-hybridized carbons (Fsp3) is 0.266. The van der Waals surface area contributed by atoms with E-state index in [0.717, 1.165) is 210 Å². The molecule has 12 heterocycles. The van der Waals surface area contributed by atoms with Crippen LogP contribution in [0.5, 0.6) is 0 Å². The number of rotatable bonds is 31. The average molecular weight is 1890 g/mol. The number of nitrogens with one attached hydrogen (secondary N) is 8. The summed E-state index contributed by atoms with van der Waals surface area (Å²) in [5.74, 6) is 4.40. The van der Waals surface area contributed by atoms with Gasteiger partial charge in [0.05, 0.1) is 92.5 Å². The maximum absolute atomic E-state index is 13.7. The molecule has 1 saturated carbocycles. The molecule has 16 aromatic rings. The minimum atomic E-state index is -0.296. The van der Waals surface area contributed by atoms with E-state index in [1.165, 1.54) is 55.0 Å². The first kappa shape index (κ1) is 95.1. The predicted molar refractivity (Wildman–Crippen MR) is 537 cm³/mol. The van der Waals surface area contributed by atoms with Crippen LogP contribution in [0.4, 0.5) is 41.4 Å². The fourth-order valence-electron chi connectivity index (χ4n) is 18.3. The second kappa shape index (κ2) is 44.9. The van der Waals surface area contributed by atoms with Crippen LogP contribution in [-0.4, -0.2) is 154 Å². The summed E-state index contributed by atoms with van der Waals surface area (Å²) in [6.07, 6.45) is 20.1. The first-order chi connectivity index (χ1) is 69.1. The summed E-state index contributed by atoms with van der Waals surface area (Å²) in [4.78, 5) is 107. The number of hydrogen-bond acceptors (Lipinski definition) is 20. The molecular formula is C109H108F4N24O4. The first-order valence-electron chi connectivity index (χ1n) is 48.2. The second-order valence-electron chi connectivity index (χ2n) is 35.1. The lowest BCUT2D eigenvalue weighted by Gasteiger charge is -2.26. The number of benzene rings is 8. The van der Waals surface area contributed by atoms with Crippen molar-refractivity contribution in [2.75, 3.05) is 67.1 Å². The number of nitrogens with zero attached hydrogens (tertiary/aromatic N) is 16. The van der Waals surface area contributed by atoms with E-state index in [2.05, 4.69) is 94.6 Å². The summed E-state index contributed by atoms with van der Waals surface area (Å²) >= 11 is 0. The molecule has 0 radical (unpaired) electrons. The number of fused-ring (bicyclic) bond motifs is 4. The zero-order valence-electron chi connectivity index (χ0n) is 78.4. The lowest BCUT2D eigenvalue weighted by molar-refractivity contribution is 0.0940. The Bertz CT molecular complexity index is 7010. The Morgan fingerprint density at radius 3 is 0.837 bits per heavy atom. The Morgan fingerprint density at radius 1 is 0.305 bits per heavy atom. The number of hydrogen-bond donors (Lipinski definition) is 8. The van der Waals surface area contributed by atoms with Gasteiger partial charge in [0.15, 0.2) is 0 Å². The van der Waals surface area contributed by atoms with Crippen LogP contribution >= 0.6 is 0 Å². The van der Waals surface area contributed by atoms with Crippen LogP contribution in [0.2, 0.25) is 0 Å². The maximum atomic E-state index is 13.7. The van der Waals surface area contributed by atoms with Gasteiger partial charge in [0.2, 0.25) is 23.8 Å². The van der Waals surface area contributed by atoms with Gasteiger partial charge in [-0.15, -0.1) is 0 Å². The van der Waals surface area contributed by atoms with Crippen molar-refractivity contribution in [1.82, 2.24) is 99.3 Å². The van der Waals surface area contributed by atoms with Crippen molar-refractivity contribution in [3.05, 3.63) is 336 Å². The largest absolute Gasteiger partial charge is 0.354 e. The number of amides is 4. The standard InChI is InChI=1S/C28H27FN6O.C28H29FN6O.C27H27FN6O.C26H25FN6O/c29-20-11-9-18(10-12-20)25-26(23-15-16-30-28(33-23)32-21-7-4-8-21)35-22(13-14-24(35)34-25)17-31-27(36)19-5-2-1-3-6-19;1-2-3-16-30-28-31-17-15-23(33-28)26-25(19-9-11-21(29)12-10-19)34-24-14-13-22(35(24)26)18-32-27(36)20-7-5-4-6-8-20;1-2-15-29-27-30-16-14-22(32-27)25-24(18-8-10-20(28)11-9-18)33-23-13-12-21(34(23)25)17-31-26(35)19-6-4-3-5-7-19;1-2-28-26-29-15-14-21(31-26)24-23(17-8-10-19(27)11-9-17)32-22-13-12-20(33(22)24)16-30-25(34)18-6-4-3-5-7-18/h1-3,5-6,9-12,15-16,21-22H,4,7-8,13-14,17H2,(H,31,36)(H,30,32,33);4-12,15,17,22H,2-3,13-14,16,18H2,1H3,(H,32,36)(H,30,31,33);3-11,14,16,21H,2,12-13,15,17H2,1H3,(H,31,35)(H,29,30,32);3-11,14-15,20H,2,12-13,16H2,1H3,(H,30,34)(H,28,29,31). The predicted octanol–water partition coefficient (Wildman–Crippen LogP) is 19.7. The highest BCUT2D eigenvalue weighted by Gasteiger charge is 2.37. The number of carbonyl (C=O) groups is 4. The Balaban J connectivity index is 0.000000124. The van der Waals surface area contributed by atoms with Gasteiger partial charge < -0.3 is 60.8 Å². The SMILES string of the molecule is CCCCNc1nccc(-c2c(-c3ccc(F)cc3)nc3n2C(CNC(=O)c2ccccc2)CC3)n1.CCCNc1nccc(-c2c(-c3ccc(F)cc3)nc3n2C(CNC(=O)c2ccccc2)CC3)n1.CCNc1nccc(-c2c(-c3ccc(F)cc3)nc3n2C(CNC(=O)c2ccccc2)CC3)n1.O=C(NCC1CCc2nc(-c3ccc(F)cc3)c(-c3ccnc(NC4CCC4)n3)n21)c1ccccc1. The molecule has 5 aliphatic rings. The number of imidazole rings is 4. The van der Waals surface area contributed by atoms with Gasteiger partial charge in [0.1, 0.15) is 46.6 Å². The van der Waals surface area contributed by atoms with Crippen molar-refractivity contribution in [2.45, 2.75) is 141 Å². The quantitative estimate of drug-likeness (QED) is 0.0148. The molecule has 1 fully saturated rings. The molecule has 0 spiro atoms. The second-order valence-corrected chi connectivity index (χ2v) is 35.1. The normalized spacial score (nSPS) is 15.1. The number of carbonyl (C=O) groups excluding carboxylic acids is 4. The van der Waals surface area contributed by atoms with Crippen molar-refractivity contribution in [3.63, 3.8) is 0 Å². The summed E-state index contributed by atoms with van der Waals surface area (Å²) in [6, 6.07) is 70.3. The first-order valence-corrected chi connectivity index (χ1v) is 48.2. The molecular weight excluding hydrogens is 1790 g/mol. The van der Waals surface area contributed by atoms with Crippen LogP contribution in [0.1, 0.15) is 174 Å². The number of aryl methyl sites for hydroxylation is 4. The number of aromatic nitrogens is 16. The fourth-order valence-corrected chi connectivity index (χ4v) is 18.3. The summed E-state index contributed by atoms with van der Waals surface area (Å²) in [5.41, 5.74) is 15.2. The molecule has 141 heavy (non-hydrogen) atoms. The van der Waals surface area contributed by atoms with Gasteiger partial charge in [-0.2, -0.15) is 0 Å². The van der Waals surface area contributed by atoms with E-state index in [4.69, 9.17) is 39.9 Å². The third-order valence-electron chi connectivity index (χ3n) is 25.5. The molecule has 4 atom stereocenters. The van der Waals surface area contributed by atoms with Crippen molar-refractivity contribution >= 4 is 47.4 Å². The third kappa shape index (κ3) is 22.5. The molecule has 4 unspecified atom stereocenters. The van der Waals surface area contributed by atoms with Crippen molar-refractivity contribution in [1.29, 1.82) is 0 Å². The van der Waals surface area contributed by atoms with E-state index in [-0.39, 0.29) is 71.1 Å². The van der Waals surface area contributed by atoms with Crippen molar-refractivity contribution in [2.24, 2.45) is 0 Å². The van der Waals surface area contributed by atoms with Gasteiger partial charge in [-0.3, -0.25) is 19.2 Å². The Morgan fingerprint density at radius 2 is 0.574 bits per heavy atom. The van der Waals surface area contributed by atoms with Crippen molar-refractivity contribution < 1.29 is 36.7 Å². The molecule has 32 heteroatoms. The monoisotopic (exact) mass is 1890 g/mol. The van der Waals surface area contributed by atoms with E-state index in [1.54, 1.807) is 110 Å². The molecule has 8 aromatic carbocycles. The molecule has 8 aromatic heterocycles. The summed E-state index contributed by atoms with van der Waals surface area (Å²) in [6.45, 7) is 10.4. The van der Waals surface area contributed by atoms with E-state index in [1.807, 2.05) is 116 Å². The lowest BCUT2D eigenvalue weighted by atomic mass is 9.93. The van der Waals surface area contributed by atoms with Gasteiger partial charge in [0.25, 0.3) is 23.6 Å². The Hall–Kier alpha value is -16.3. The topological polar surface area (TPSA) is 339 Å². The number of halogens is 4. The van der Waals surface area contributed by atoms with E-state index in [0.29, 0.717) is 84.8 Å². The maximum Gasteiger partial charge on any atom is 0.251 e. The van der Waals surface area contributed by atoms with Crippen molar-refractivity contribution in [3.8, 4) is 90.6 Å². The molecule has 4 amide bonds. The highest BCUT2D eigenvalue weighted by Crippen LogP contribution is 2.45. The van der Waals surface area contributed by atoms with E-state index >= 15 is 0 Å².